The van der Waals surface area contributed by atoms with Crippen molar-refractivity contribution in [2.24, 2.45) is 5.73 Å². The van der Waals surface area contributed by atoms with Crippen molar-refractivity contribution >= 4 is 21.9 Å². The Morgan fingerprint density at radius 3 is 2.17 bits per heavy atom. The molecule has 0 amide bonds. The summed E-state index contributed by atoms with van der Waals surface area (Å²) in [5.74, 6) is -0.251. The molecule has 0 spiro atoms. The molecule has 1 atom stereocenters. The van der Waals surface area contributed by atoms with Crippen LogP contribution in [0.5, 0.6) is 0 Å². The third kappa shape index (κ3) is 3.12. The van der Waals surface area contributed by atoms with E-state index in [0.717, 1.165) is 10.0 Å². The van der Waals surface area contributed by atoms with E-state index in [2.05, 4.69) is 15.9 Å². The molecule has 2 N–H and O–H groups in total. The van der Waals surface area contributed by atoms with E-state index in [9.17, 15) is 4.79 Å². The molecule has 1 aromatic carbocycles. The maximum absolute atomic E-state index is 11.6. The Morgan fingerprint density at radius 1 is 1.28 bits per heavy atom. The number of rotatable bonds is 4. The van der Waals surface area contributed by atoms with Gasteiger partial charge < -0.3 is 10.5 Å². The van der Waals surface area contributed by atoms with Gasteiger partial charge in [-0.3, -0.25) is 4.79 Å². The molecule has 1 unspecified atom stereocenters. The Kier molecular flexibility index (Phi) is 4.56. The lowest BCUT2D eigenvalue weighted by atomic mass is 9.66. The number of hydrogen-bond acceptors (Lipinski definition) is 3. The molecule has 18 heavy (non-hydrogen) atoms. The summed E-state index contributed by atoms with van der Waals surface area (Å²) < 4.78 is 5.78. The molecule has 0 fully saturated rings. The normalized spacial score (nSPS) is 15.0. The van der Waals surface area contributed by atoms with Crippen LogP contribution in [0.15, 0.2) is 28.7 Å². The van der Waals surface area contributed by atoms with Gasteiger partial charge in [-0.2, -0.15) is 0 Å². The maximum Gasteiger partial charge on any atom is 0.306 e. The van der Waals surface area contributed by atoms with E-state index in [1.807, 2.05) is 45.0 Å². The summed E-state index contributed by atoms with van der Waals surface area (Å²) in [5, 5.41) is 0. The van der Waals surface area contributed by atoms with Crippen LogP contribution in [0, 0.1) is 0 Å². The molecule has 3 nitrogen and oxygen atoms in total. The van der Waals surface area contributed by atoms with Gasteiger partial charge in [-0.15, -0.1) is 0 Å². The quantitative estimate of drug-likeness (QED) is 0.869. The second-order valence-electron chi connectivity index (χ2n) is 5.31. The second kappa shape index (κ2) is 5.41. The number of hydrogen-bond donors (Lipinski definition) is 1. The first-order chi connectivity index (χ1) is 8.20. The summed E-state index contributed by atoms with van der Waals surface area (Å²) in [6.07, 6.45) is 0.259. The highest BCUT2D eigenvalue weighted by atomic mass is 79.9. The number of carbonyl (C=O) groups is 1. The average Bonchev–Trinajstić information content (AvgIpc) is 2.28. The van der Waals surface area contributed by atoms with Gasteiger partial charge in [-0.05, 0) is 31.5 Å². The molecule has 1 rings (SSSR count). The highest BCUT2D eigenvalue weighted by Gasteiger charge is 2.41. The first-order valence-corrected chi connectivity index (χ1v) is 6.62. The number of benzene rings is 1. The standard InChI is InChI=1S/C14H20BrNO2/c1-13(2,16)14(3,9-12(17)18-4)10-5-7-11(15)8-6-10/h5-8H,9,16H2,1-4H3. The highest BCUT2D eigenvalue weighted by molar-refractivity contribution is 9.10. The number of nitrogens with two attached hydrogens (primary N) is 1. The zero-order valence-corrected chi connectivity index (χ0v) is 12.9. The lowest BCUT2D eigenvalue weighted by Gasteiger charge is -2.41. The number of esters is 1. The van der Waals surface area contributed by atoms with Crippen LogP contribution in [0.4, 0.5) is 0 Å². The SMILES string of the molecule is COC(=O)CC(C)(c1ccc(Br)cc1)C(C)(C)N. The van der Waals surface area contributed by atoms with Crippen molar-refractivity contribution in [3.05, 3.63) is 34.3 Å². The van der Waals surface area contributed by atoms with Crippen LogP contribution in [0.3, 0.4) is 0 Å². The molecule has 0 radical (unpaired) electrons. The molecule has 0 aromatic heterocycles. The Hall–Kier alpha value is -0.870. The van der Waals surface area contributed by atoms with Gasteiger partial charge in [0.1, 0.15) is 0 Å². The van der Waals surface area contributed by atoms with Gasteiger partial charge in [0.05, 0.1) is 13.5 Å². The number of ether oxygens (including phenoxy) is 1. The molecular weight excluding hydrogens is 294 g/mol. The van der Waals surface area contributed by atoms with Gasteiger partial charge in [0.2, 0.25) is 0 Å². The molecular formula is C14H20BrNO2. The van der Waals surface area contributed by atoms with Gasteiger partial charge in [-0.25, -0.2) is 0 Å². The minimum Gasteiger partial charge on any atom is -0.469 e. The minimum atomic E-state index is -0.533. The van der Waals surface area contributed by atoms with Crippen LogP contribution in [0.2, 0.25) is 0 Å². The molecule has 1 aromatic rings. The van der Waals surface area contributed by atoms with E-state index in [1.54, 1.807) is 0 Å². The van der Waals surface area contributed by atoms with Crippen molar-refractivity contribution in [3.8, 4) is 0 Å². The van der Waals surface area contributed by atoms with Crippen LogP contribution in [0.1, 0.15) is 32.8 Å². The summed E-state index contributed by atoms with van der Waals surface area (Å²) in [4.78, 5) is 11.6. The number of methoxy groups -OCH3 is 1. The summed E-state index contributed by atoms with van der Waals surface area (Å²) in [5.41, 5.74) is 6.29. The second-order valence-corrected chi connectivity index (χ2v) is 6.23. The maximum atomic E-state index is 11.6. The van der Waals surface area contributed by atoms with E-state index in [-0.39, 0.29) is 12.4 Å². The highest BCUT2D eigenvalue weighted by Crippen LogP contribution is 2.37. The average molecular weight is 314 g/mol. The topological polar surface area (TPSA) is 52.3 Å². The van der Waals surface area contributed by atoms with Crippen molar-refractivity contribution in [2.45, 2.75) is 38.1 Å². The van der Waals surface area contributed by atoms with Gasteiger partial charge in [-0.1, -0.05) is 35.0 Å². The predicted molar refractivity (Wildman–Crippen MR) is 76.4 cm³/mol. The molecule has 0 bridgehead atoms. The third-order valence-corrected chi connectivity index (χ3v) is 4.16. The number of halogens is 1. The first kappa shape index (κ1) is 15.2. The predicted octanol–water partition coefficient (Wildman–Crippen LogP) is 3.01. The van der Waals surface area contributed by atoms with Gasteiger partial charge >= 0.3 is 5.97 Å². The van der Waals surface area contributed by atoms with Crippen molar-refractivity contribution in [1.82, 2.24) is 0 Å². The molecule has 0 aliphatic carbocycles. The Labute approximate surface area is 117 Å². The fourth-order valence-corrected chi connectivity index (χ4v) is 2.14. The minimum absolute atomic E-state index is 0.251. The van der Waals surface area contributed by atoms with Crippen molar-refractivity contribution in [2.75, 3.05) is 7.11 Å². The molecule has 0 heterocycles. The Balaban J connectivity index is 3.20. The summed E-state index contributed by atoms with van der Waals surface area (Å²) in [6, 6.07) is 7.89. The van der Waals surface area contributed by atoms with Crippen LogP contribution in [0.25, 0.3) is 0 Å². The van der Waals surface area contributed by atoms with Crippen LogP contribution >= 0.6 is 15.9 Å². The number of carbonyl (C=O) groups excluding carboxylic acids is 1. The lowest BCUT2D eigenvalue weighted by Crippen LogP contribution is -2.53. The monoisotopic (exact) mass is 313 g/mol. The van der Waals surface area contributed by atoms with E-state index in [0.29, 0.717) is 0 Å². The van der Waals surface area contributed by atoms with E-state index < -0.39 is 11.0 Å². The van der Waals surface area contributed by atoms with E-state index in [4.69, 9.17) is 10.5 Å². The molecule has 4 heteroatoms. The first-order valence-electron chi connectivity index (χ1n) is 5.82. The smallest absolute Gasteiger partial charge is 0.306 e. The van der Waals surface area contributed by atoms with E-state index >= 15 is 0 Å². The fourth-order valence-electron chi connectivity index (χ4n) is 1.88. The van der Waals surface area contributed by atoms with Gasteiger partial charge in [0.15, 0.2) is 0 Å². The Morgan fingerprint density at radius 2 is 1.78 bits per heavy atom. The zero-order valence-electron chi connectivity index (χ0n) is 11.3. The summed E-state index contributed by atoms with van der Waals surface area (Å²) in [7, 11) is 1.40. The third-order valence-electron chi connectivity index (χ3n) is 3.63. The van der Waals surface area contributed by atoms with Gasteiger partial charge in [0.25, 0.3) is 0 Å². The molecule has 0 aliphatic rings. The van der Waals surface area contributed by atoms with Crippen molar-refractivity contribution in [1.29, 1.82) is 0 Å². The van der Waals surface area contributed by atoms with Crippen molar-refractivity contribution in [3.63, 3.8) is 0 Å². The zero-order chi connectivity index (χ0) is 14.0. The lowest BCUT2D eigenvalue weighted by molar-refractivity contribution is -0.142. The van der Waals surface area contributed by atoms with Crippen molar-refractivity contribution < 1.29 is 9.53 Å². The largest absolute Gasteiger partial charge is 0.469 e. The van der Waals surface area contributed by atoms with Crippen LogP contribution < -0.4 is 5.73 Å². The van der Waals surface area contributed by atoms with Gasteiger partial charge in [0, 0.05) is 15.4 Å². The van der Waals surface area contributed by atoms with Crippen LogP contribution in [-0.2, 0) is 14.9 Å². The van der Waals surface area contributed by atoms with Crippen LogP contribution in [-0.4, -0.2) is 18.6 Å². The fraction of sp³-hybridized carbons (Fsp3) is 0.500. The summed E-state index contributed by atoms with van der Waals surface area (Å²) in [6.45, 7) is 5.85. The summed E-state index contributed by atoms with van der Waals surface area (Å²) >= 11 is 3.40. The molecule has 100 valence electrons. The van der Waals surface area contributed by atoms with E-state index in [1.165, 1.54) is 7.11 Å². The molecule has 0 aliphatic heterocycles. The molecule has 0 saturated heterocycles. The Bertz CT molecular complexity index is 422. The molecule has 0 saturated carbocycles.